The molecule has 1 aromatic heterocycles. The molecule has 7 nitrogen and oxygen atoms in total. The summed E-state index contributed by atoms with van der Waals surface area (Å²) in [6.07, 6.45) is 3.14. The van der Waals surface area contributed by atoms with Gasteiger partial charge in [-0.3, -0.25) is 9.36 Å². The number of carboxylic acid groups (broad SMARTS) is 1. The highest BCUT2D eigenvalue weighted by molar-refractivity contribution is 7.73. The molecule has 0 saturated carbocycles. The molecule has 0 fully saturated rings. The number of aliphatic carboxylic acids is 1. The number of thiazole rings is 1. The number of hydrogen-bond acceptors (Lipinski definition) is 6. The maximum atomic E-state index is 12.4. The number of rotatable bonds is 5. The molecule has 1 aliphatic rings. The highest BCUT2D eigenvalue weighted by Crippen LogP contribution is 2.34. The minimum absolute atomic E-state index is 0.218. The number of benzene rings is 1. The molecule has 1 aromatic carbocycles. The first-order valence-electron chi connectivity index (χ1n) is 8.40. The van der Waals surface area contributed by atoms with Crippen molar-refractivity contribution in [3.8, 4) is 11.6 Å². The molecule has 1 amide bonds. The zero-order valence-corrected chi connectivity index (χ0v) is 17.0. The quantitative estimate of drug-likeness (QED) is 0.571. The van der Waals surface area contributed by atoms with Crippen LogP contribution in [-0.4, -0.2) is 33.8 Å². The molecular weight excluding hydrogens is 400 g/mol. The first kappa shape index (κ1) is 20.0. The summed E-state index contributed by atoms with van der Waals surface area (Å²) < 4.78 is 6.57. The minimum atomic E-state index is -1.09. The zero-order valence-electron chi connectivity index (χ0n) is 15.4. The fourth-order valence-corrected chi connectivity index (χ4v) is 4.28. The van der Waals surface area contributed by atoms with Crippen LogP contribution in [0.5, 0.6) is 11.6 Å². The average molecular weight is 418 g/mol. The van der Waals surface area contributed by atoms with Crippen molar-refractivity contribution in [1.82, 2.24) is 4.57 Å². The predicted octanol–water partition coefficient (Wildman–Crippen LogP) is 2.30. The predicted molar refractivity (Wildman–Crippen MR) is 108 cm³/mol. The maximum absolute atomic E-state index is 12.4. The van der Waals surface area contributed by atoms with Crippen molar-refractivity contribution in [2.24, 2.45) is 10.9 Å². The number of aromatic hydroxyl groups is 1. The van der Waals surface area contributed by atoms with Gasteiger partial charge < -0.3 is 14.9 Å². The molecule has 1 unspecified atom stereocenters. The molecule has 28 heavy (non-hydrogen) atoms. The number of carboxylic acids is 1. The third-order valence-corrected chi connectivity index (χ3v) is 5.65. The fourth-order valence-electron chi connectivity index (χ4n) is 2.94. The van der Waals surface area contributed by atoms with Gasteiger partial charge in [0, 0.05) is 16.9 Å². The van der Waals surface area contributed by atoms with E-state index in [1.54, 1.807) is 38.1 Å². The fraction of sp³-hybridized carbons (Fsp3) is 0.263. The SMILES string of the molecule is COc1ccc2c(c1)=NC(=O)/C(=C/c1sc(=S)n(C(C(=O)O)C(C)C)c1O)C=2. The lowest BCUT2D eigenvalue weighted by molar-refractivity contribution is -0.142. The van der Waals surface area contributed by atoms with Gasteiger partial charge >= 0.3 is 5.97 Å². The van der Waals surface area contributed by atoms with Crippen molar-refractivity contribution >= 4 is 47.6 Å². The number of aromatic nitrogens is 1. The van der Waals surface area contributed by atoms with E-state index in [0.29, 0.717) is 16.0 Å². The highest BCUT2D eigenvalue weighted by atomic mass is 32.1. The number of carbonyl (C=O) groups is 2. The van der Waals surface area contributed by atoms with Gasteiger partial charge in [0.15, 0.2) is 3.95 Å². The van der Waals surface area contributed by atoms with E-state index in [-0.39, 0.29) is 21.3 Å². The standard InChI is InChI=1S/C19H18N2O5S2/c1-9(2)15(18(24)25)21-17(23)14(28-19(21)27)7-11-6-10-4-5-12(26-3)8-13(10)20-16(11)22/h4-9,15,23H,1-3H3,(H,24,25)/b11-7+. The Kier molecular flexibility index (Phi) is 5.48. The number of amides is 1. The number of carbonyl (C=O) groups excluding carboxylic acids is 1. The summed E-state index contributed by atoms with van der Waals surface area (Å²) in [6.45, 7) is 3.47. The summed E-state index contributed by atoms with van der Waals surface area (Å²) in [7, 11) is 1.53. The van der Waals surface area contributed by atoms with Crippen LogP contribution in [0.4, 0.5) is 0 Å². The van der Waals surface area contributed by atoms with Gasteiger partial charge in [-0.15, -0.1) is 11.3 Å². The third kappa shape index (κ3) is 3.63. The van der Waals surface area contributed by atoms with Crippen LogP contribution in [0.15, 0.2) is 28.8 Å². The van der Waals surface area contributed by atoms with Crippen LogP contribution in [0.3, 0.4) is 0 Å². The van der Waals surface area contributed by atoms with Crippen LogP contribution in [0, 0.1) is 9.87 Å². The summed E-state index contributed by atoms with van der Waals surface area (Å²) in [4.78, 5) is 28.4. The van der Waals surface area contributed by atoms with Gasteiger partial charge in [0.25, 0.3) is 5.91 Å². The normalized spacial score (nSPS) is 15.7. The monoisotopic (exact) mass is 418 g/mol. The number of fused-ring (bicyclic) bond motifs is 1. The van der Waals surface area contributed by atoms with E-state index in [0.717, 1.165) is 16.6 Å². The molecule has 0 bridgehead atoms. The molecular formula is C19H18N2O5S2. The molecule has 2 heterocycles. The third-order valence-electron chi connectivity index (χ3n) is 4.31. The van der Waals surface area contributed by atoms with Gasteiger partial charge in [-0.25, -0.2) is 9.79 Å². The van der Waals surface area contributed by atoms with E-state index >= 15 is 0 Å². The first-order chi connectivity index (χ1) is 13.2. The summed E-state index contributed by atoms with van der Waals surface area (Å²) in [6, 6.07) is 4.21. The molecule has 0 radical (unpaired) electrons. The van der Waals surface area contributed by atoms with Crippen LogP contribution in [0.2, 0.25) is 0 Å². The Balaban J connectivity index is 2.11. The largest absolute Gasteiger partial charge is 0.497 e. The van der Waals surface area contributed by atoms with Crippen molar-refractivity contribution in [3.63, 3.8) is 0 Å². The topological polar surface area (TPSA) is 101 Å². The van der Waals surface area contributed by atoms with Gasteiger partial charge in [-0.05, 0) is 42.4 Å². The molecule has 2 aromatic rings. The van der Waals surface area contributed by atoms with Crippen LogP contribution in [-0.2, 0) is 9.59 Å². The van der Waals surface area contributed by atoms with Crippen LogP contribution in [0.25, 0.3) is 12.2 Å². The highest BCUT2D eigenvalue weighted by Gasteiger charge is 2.28. The lowest BCUT2D eigenvalue weighted by atomic mass is 10.0. The number of nitrogens with zero attached hydrogens (tertiary/aromatic N) is 2. The molecule has 2 N–H and O–H groups in total. The summed E-state index contributed by atoms with van der Waals surface area (Å²) in [5, 5.41) is 21.3. The van der Waals surface area contributed by atoms with Gasteiger partial charge in [-0.2, -0.15) is 0 Å². The van der Waals surface area contributed by atoms with Gasteiger partial charge in [-0.1, -0.05) is 13.8 Å². The molecule has 9 heteroatoms. The minimum Gasteiger partial charge on any atom is -0.497 e. The Labute approximate surface area is 169 Å². The second kappa shape index (κ2) is 7.69. The molecule has 0 aliphatic carbocycles. The lowest BCUT2D eigenvalue weighted by Gasteiger charge is -2.18. The molecule has 1 aliphatic heterocycles. The Morgan fingerprint density at radius 3 is 2.71 bits per heavy atom. The van der Waals surface area contributed by atoms with Gasteiger partial charge in [0.05, 0.1) is 17.3 Å². The smallest absolute Gasteiger partial charge is 0.327 e. The Hall–Kier alpha value is -2.78. The van der Waals surface area contributed by atoms with Crippen molar-refractivity contribution in [2.45, 2.75) is 19.9 Å². The summed E-state index contributed by atoms with van der Waals surface area (Å²) >= 11 is 6.30. The van der Waals surface area contributed by atoms with E-state index in [1.807, 2.05) is 0 Å². The van der Waals surface area contributed by atoms with E-state index in [4.69, 9.17) is 17.0 Å². The first-order valence-corrected chi connectivity index (χ1v) is 9.63. The molecule has 3 rings (SSSR count). The zero-order chi connectivity index (χ0) is 20.6. The maximum Gasteiger partial charge on any atom is 0.327 e. The van der Waals surface area contributed by atoms with Crippen molar-refractivity contribution in [3.05, 3.63) is 43.2 Å². The van der Waals surface area contributed by atoms with Crippen molar-refractivity contribution in [1.29, 1.82) is 0 Å². The van der Waals surface area contributed by atoms with Crippen LogP contribution in [0.1, 0.15) is 24.8 Å². The average Bonchev–Trinajstić information content (AvgIpc) is 2.89. The summed E-state index contributed by atoms with van der Waals surface area (Å²) in [5.41, 5.74) is 0.271. The second-order valence-corrected chi connectivity index (χ2v) is 8.21. The van der Waals surface area contributed by atoms with E-state index in [9.17, 15) is 19.8 Å². The Bertz CT molecular complexity index is 1170. The van der Waals surface area contributed by atoms with Gasteiger partial charge in [0.2, 0.25) is 5.88 Å². The Morgan fingerprint density at radius 1 is 1.39 bits per heavy atom. The van der Waals surface area contributed by atoms with Crippen molar-refractivity contribution < 1.29 is 24.5 Å². The van der Waals surface area contributed by atoms with E-state index in [1.165, 1.54) is 17.8 Å². The van der Waals surface area contributed by atoms with Crippen LogP contribution >= 0.6 is 23.6 Å². The molecule has 1 atom stereocenters. The molecule has 146 valence electrons. The second-order valence-electron chi connectivity index (χ2n) is 6.54. The lowest BCUT2D eigenvalue weighted by Crippen LogP contribution is -2.30. The number of methoxy groups -OCH3 is 1. The van der Waals surface area contributed by atoms with Crippen molar-refractivity contribution in [2.75, 3.05) is 7.11 Å². The van der Waals surface area contributed by atoms with E-state index < -0.39 is 17.9 Å². The number of ether oxygens (including phenoxy) is 1. The summed E-state index contributed by atoms with van der Waals surface area (Å²) in [5.74, 6) is -1.52. The number of hydrogen-bond donors (Lipinski definition) is 2. The molecule has 0 spiro atoms. The van der Waals surface area contributed by atoms with Gasteiger partial charge in [0.1, 0.15) is 11.8 Å². The Morgan fingerprint density at radius 2 is 2.11 bits per heavy atom. The molecule has 0 saturated heterocycles. The van der Waals surface area contributed by atoms with Crippen LogP contribution < -0.4 is 15.3 Å². The van der Waals surface area contributed by atoms with E-state index in [2.05, 4.69) is 4.99 Å².